The van der Waals surface area contributed by atoms with Crippen molar-refractivity contribution in [2.24, 2.45) is 5.73 Å². The van der Waals surface area contributed by atoms with E-state index in [9.17, 15) is 4.79 Å². The van der Waals surface area contributed by atoms with Crippen molar-refractivity contribution in [2.45, 2.75) is 19.9 Å². The second-order valence-electron chi connectivity index (χ2n) is 4.62. The van der Waals surface area contributed by atoms with Crippen molar-refractivity contribution in [1.29, 1.82) is 0 Å². The van der Waals surface area contributed by atoms with Gasteiger partial charge in [0, 0.05) is 31.4 Å². The number of anilines is 1. The Hall–Kier alpha value is -2.43. The molecule has 0 unspecified atom stereocenters. The molecule has 0 saturated heterocycles. The number of benzene rings is 1. The Bertz CT molecular complexity index is 571. The fourth-order valence-corrected chi connectivity index (χ4v) is 1.89. The van der Waals surface area contributed by atoms with Crippen LogP contribution in [0.5, 0.6) is 0 Å². The molecule has 0 fully saturated rings. The molecule has 5 nitrogen and oxygen atoms in total. The predicted molar refractivity (Wildman–Crippen MR) is 78.1 cm³/mol. The molecular formula is C15H18N4O. The monoisotopic (exact) mass is 270 g/mol. The minimum Gasteiger partial charge on any atom is -0.370 e. The van der Waals surface area contributed by atoms with E-state index >= 15 is 0 Å². The lowest BCUT2D eigenvalue weighted by molar-refractivity contribution is -0.117. The smallest absolute Gasteiger partial charge is 0.225 e. The number of aryl methyl sites for hydroxylation is 1. The summed E-state index contributed by atoms with van der Waals surface area (Å²) in [5.74, 6) is 0.297. The number of hydrogen-bond donors (Lipinski definition) is 1. The highest BCUT2D eigenvalue weighted by atomic mass is 16.1. The van der Waals surface area contributed by atoms with Crippen molar-refractivity contribution in [2.75, 3.05) is 11.4 Å². The van der Waals surface area contributed by atoms with Crippen molar-refractivity contribution in [1.82, 2.24) is 9.97 Å². The minimum atomic E-state index is -0.323. The zero-order valence-electron chi connectivity index (χ0n) is 11.5. The lowest BCUT2D eigenvalue weighted by atomic mass is 10.2. The summed E-state index contributed by atoms with van der Waals surface area (Å²) in [5.41, 5.74) is 7.27. The first-order valence-electron chi connectivity index (χ1n) is 6.52. The molecule has 2 rings (SSSR count). The van der Waals surface area contributed by atoms with Crippen molar-refractivity contribution in [3.8, 4) is 0 Å². The van der Waals surface area contributed by atoms with Gasteiger partial charge in [0.05, 0.1) is 0 Å². The number of primary amides is 1. The summed E-state index contributed by atoms with van der Waals surface area (Å²) in [5, 5.41) is 0. The molecule has 20 heavy (non-hydrogen) atoms. The third-order valence-electron chi connectivity index (χ3n) is 2.91. The van der Waals surface area contributed by atoms with Crippen LogP contribution in [0.2, 0.25) is 0 Å². The summed E-state index contributed by atoms with van der Waals surface area (Å²) < 4.78 is 0. The first kappa shape index (κ1) is 14.0. The molecular weight excluding hydrogens is 252 g/mol. The number of rotatable bonds is 6. The van der Waals surface area contributed by atoms with Crippen LogP contribution in [-0.2, 0) is 11.3 Å². The van der Waals surface area contributed by atoms with Gasteiger partial charge in [-0.3, -0.25) is 4.79 Å². The highest BCUT2D eigenvalue weighted by Gasteiger charge is 2.11. The van der Waals surface area contributed by atoms with Crippen LogP contribution in [0.15, 0.2) is 42.6 Å². The van der Waals surface area contributed by atoms with Gasteiger partial charge >= 0.3 is 0 Å². The van der Waals surface area contributed by atoms with Gasteiger partial charge in [-0.05, 0) is 18.6 Å². The van der Waals surface area contributed by atoms with Gasteiger partial charge in [-0.1, -0.05) is 30.3 Å². The fourth-order valence-electron chi connectivity index (χ4n) is 1.89. The molecule has 0 aliphatic heterocycles. The molecule has 1 amide bonds. The van der Waals surface area contributed by atoms with E-state index in [2.05, 4.69) is 9.97 Å². The summed E-state index contributed by atoms with van der Waals surface area (Å²) in [6.45, 7) is 3.07. The number of nitrogens with zero attached hydrogens (tertiary/aromatic N) is 3. The first-order chi connectivity index (χ1) is 9.65. The van der Waals surface area contributed by atoms with E-state index in [4.69, 9.17) is 5.73 Å². The number of aromatic nitrogens is 2. The largest absolute Gasteiger partial charge is 0.370 e. The second kappa shape index (κ2) is 6.65. The van der Waals surface area contributed by atoms with Crippen molar-refractivity contribution < 1.29 is 4.79 Å². The fraction of sp³-hybridized carbons (Fsp3) is 0.267. The van der Waals surface area contributed by atoms with Gasteiger partial charge in [0.1, 0.15) is 0 Å². The summed E-state index contributed by atoms with van der Waals surface area (Å²) in [6.07, 6.45) is 2.00. The van der Waals surface area contributed by atoms with Gasteiger partial charge in [-0.2, -0.15) is 0 Å². The number of nitrogens with two attached hydrogens (primary N) is 1. The Morgan fingerprint density at radius 1 is 1.25 bits per heavy atom. The summed E-state index contributed by atoms with van der Waals surface area (Å²) in [4.78, 5) is 21.7. The van der Waals surface area contributed by atoms with Gasteiger partial charge in [0.25, 0.3) is 0 Å². The lowest BCUT2D eigenvalue weighted by Crippen LogP contribution is -2.29. The predicted octanol–water partition coefficient (Wildman–Crippen LogP) is 1.67. The Morgan fingerprint density at radius 2 is 2.00 bits per heavy atom. The van der Waals surface area contributed by atoms with Gasteiger partial charge in [0.15, 0.2) is 0 Å². The second-order valence-corrected chi connectivity index (χ2v) is 4.62. The van der Waals surface area contributed by atoms with Crippen LogP contribution in [0, 0.1) is 6.92 Å². The molecule has 0 radical (unpaired) electrons. The molecule has 0 spiro atoms. The number of amides is 1. The quantitative estimate of drug-likeness (QED) is 0.866. The molecule has 2 N–H and O–H groups in total. The Labute approximate surface area is 118 Å². The lowest BCUT2D eigenvalue weighted by Gasteiger charge is -2.22. The SMILES string of the molecule is Cc1ccnc(N(CCC(N)=O)Cc2ccccc2)n1. The molecule has 1 aromatic carbocycles. The zero-order valence-corrected chi connectivity index (χ0v) is 11.5. The summed E-state index contributed by atoms with van der Waals surface area (Å²) >= 11 is 0. The van der Waals surface area contributed by atoms with Gasteiger partial charge in [-0.15, -0.1) is 0 Å². The minimum absolute atomic E-state index is 0.282. The van der Waals surface area contributed by atoms with E-state index < -0.39 is 0 Å². The average molecular weight is 270 g/mol. The topological polar surface area (TPSA) is 72.1 Å². The Morgan fingerprint density at radius 3 is 2.65 bits per heavy atom. The third kappa shape index (κ3) is 4.05. The van der Waals surface area contributed by atoms with Gasteiger partial charge in [-0.25, -0.2) is 9.97 Å². The number of hydrogen-bond acceptors (Lipinski definition) is 4. The van der Waals surface area contributed by atoms with Crippen LogP contribution in [0.3, 0.4) is 0 Å². The molecule has 0 bridgehead atoms. The van der Waals surface area contributed by atoms with E-state index in [0.717, 1.165) is 11.3 Å². The van der Waals surface area contributed by atoms with E-state index in [0.29, 0.717) is 19.0 Å². The van der Waals surface area contributed by atoms with Crippen LogP contribution in [0.1, 0.15) is 17.7 Å². The molecule has 1 aromatic heterocycles. The maximum Gasteiger partial charge on any atom is 0.225 e. The molecule has 0 aliphatic carbocycles. The maximum absolute atomic E-state index is 11.0. The summed E-state index contributed by atoms with van der Waals surface area (Å²) in [7, 11) is 0. The molecule has 104 valence electrons. The van der Waals surface area contributed by atoms with E-state index in [1.807, 2.05) is 48.2 Å². The van der Waals surface area contributed by atoms with Crippen molar-refractivity contribution in [3.05, 3.63) is 53.9 Å². The number of carbonyl (C=O) groups is 1. The molecule has 0 atom stereocenters. The molecule has 0 saturated carbocycles. The maximum atomic E-state index is 11.0. The van der Waals surface area contributed by atoms with E-state index in [1.165, 1.54) is 0 Å². The van der Waals surface area contributed by atoms with Crippen LogP contribution in [0.25, 0.3) is 0 Å². The Kier molecular flexibility index (Phi) is 4.65. The van der Waals surface area contributed by atoms with Crippen molar-refractivity contribution in [3.63, 3.8) is 0 Å². The highest BCUT2D eigenvalue weighted by Crippen LogP contribution is 2.12. The van der Waals surface area contributed by atoms with Crippen molar-refractivity contribution >= 4 is 11.9 Å². The van der Waals surface area contributed by atoms with E-state index in [-0.39, 0.29) is 12.3 Å². The number of carbonyl (C=O) groups excluding carboxylic acids is 1. The molecule has 0 aliphatic rings. The standard InChI is InChI=1S/C15H18N4O/c1-12-7-9-17-15(18-12)19(10-8-14(16)20)11-13-5-3-2-4-6-13/h2-7,9H,8,10-11H2,1H3,(H2,16,20). The molecule has 5 heteroatoms. The molecule has 2 aromatic rings. The van der Waals surface area contributed by atoms with Gasteiger partial charge < -0.3 is 10.6 Å². The highest BCUT2D eigenvalue weighted by molar-refractivity contribution is 5.74. The average Bonchev–Trinajstić information content (AvgIpc) is 2.44. The van der Waals surface area contributed by atoms with Crippen LogP contribution in [-0.4, -0.2) is 22.4 Å². The van der Waals surface area contributed by atoms with Crippen LogP contribution >= 0.6 is 0 Å². The normalized spacial score (nSPS) is 10.2. The zero-order chi connectivity index (χ0) is 14.4. The first-order valence-corrected chi connectivity index (χ1v) is 6.52. The van der Waals surface area contributed by atoms with E-state index in [1.54, 1.807) is 6.20 Å². The van der Waals surface area contributed by atoms with Crippen LogP contribution in [0.4, 0.5) is 5.95 Å². The summed E-state index contributed by atoms with van der Waals surface area (Å²) in [6, 6.07) is 11.9. The third-order valence-corrected chi connectivity index (χ3v) is 2.91. The Balaban J connectivity index is 2.18. The molecule has 1 heterocycles. The van der Waals surface area contributed by atoms with Crippen LogP contribution < -0.4 is 10.6 Å². The van der Waals surface area contributed by atoms with Gasteiger partial charge in [0.2, 0.25) is 11.9 Å².